The van der Waals surface area contributed by atoms with Crippen LogP contribution in [0, 0.1) is 13.8 Å². The SMILES string of the molecule is CCCc1cc(C)c2c(c1-c1c(CCC)cc(C)c3c1OCO3)OCO2. The third-order valence-electron chi connectivity index (χ3n) is 5.11. The van der Waals surface area contributed by atoms with E-state index in [1.807, 2.05) is 0 Å². The zero-order chi connectivity index (χ0) is 18.3. The Kier molecular flexibility index (Phi) is 4.43. The minimum Gasteiger partial charge on any atom is -0.453 e. The van der Waals surface area contributed by atoms with Crippen molar-refractivity contribution in [1.29, 1.82) is 0 Å². The number of fused-ring (bicyclic) bond motifs is 2. The van der Waals surface area contributed by atoms with Gasteiger partial charge in [0.15, 0.2) is 23.0 Å². The van der Waals surface area contributed by atoms with Gasteiger partial charge in [-0.3, -0.25) is 0 Å². The first kappa shape index (κ1) is 17.1. The molecule has 0 spiro atoms. The zero-order valence-corrected chi connectivity index (χ0v) is 16.0. The second kappa shape index (κ2) is 6.75. The van der Waals surface area contributed by atoms with Gasteiger partial charge >= 0.3 is 0 Å². The molecule has 0 amide bonds. The van der Waals surface area contributed by atoms with Crippen molar-refractivity contribution in [1.82, 2.24) is 0 Å². The standard InChI is InChI=1S/C22H26O4/c1-5-7-15-9-13(3)19-21(25-11-23-19)17(15)18-16(8-6-2)10-14(4)20-22(18)26-12-24-20/h9-10H,5-8,11-12H2,1-4H3. The number of benzene rings is 2. The zero-order valence-electron chi connectivity index (χ0n) is 16.0. The largest absolute Gasteiger partial charge is 0.453 e. The fourth-order valence-electron chi connectivity index (χ4n) is 4.09. The number of rotatable bonds is 5. The topological polar surface area (TPSA) is 36.9 Å². The Bertz CT molecular complexity index is 783. The molecule has 4 rings (SSSR count). The van der Waals surface area contributed by atoms with Gasteiger partial charge in [-0.1, -0.05) is 38.8 Å². The van der Waals surface area contributed by atoms with Crippen molar-refractivity contribution in [3.63, 3.8) is 0 Å². The summed E-state index contributed by atoms with van der Waals surface area (Å²) in [6.45, 7) is 9.12. The molecule has 2 aliphatic heterocycles. The summed E-state index contributed by atoms with van der Waals surface area (Å²) >= 11 is 0. The summed E-state index contributed by atoms with van der Waals surface area (Å²) in [5, 5.41) is 0. The van der Waals surface area contributed by atoms with Crippen LogP contribution in [0.15, 0.2) is 12.1 Å². The number of ether oxygens (including phenoxy) is 4. The van der Waals surface area contributed by atoms with Crippen molar-refractivity contribution >= 4 is 0 Å². The minimum atomic E-state index is 0.271. The molecule has 2 heterocycles. The molecule has 0 fully saturated rings. The molecule has 26 heavy (non-hydrogen) atoms. The molecule has 0 N–H and O–H groups in total. The highest BCUT2D eigenvalue weighted by Crippen LogP contribution is 2.53. The fourth-order valence-corrected chi connectivity index (χ4v) is 4.09. The lowest BCUT2D eigenvalue weighted by Crippen LogP contribution is -2.00. The molecular formula is C22H26O4. The van der Waals surface area contributed by atoms with Crippen LogP contribution in [0.25, 0.3) is 11.1 Å². The molecule has 2 aromatic carbocycles. The molecule has 2 aromatic rings. The smallest absolute Gasteiger partial charge is 0.231 e. The van der Waals surface area contributed by atoms with Gasteiger partial charge in [0.2, 0.25) is 13.6 Å². The van der Waals surface area contributed by atoms with E-state index in [9.17, 15) is 0 Å². The summed E-state index contributed by atoms with van der Waals surface area (Å²) in [5.41, 5.74) is 7.07. The maximum Gasteiger partial charge on any atom is 0.231 e. The van der Waals surface area contributed by atoms with E-state index in [1.165, 1.54) is 11.1 Å². The summed E-state index contributed by atoms with van der Waals surface area (Å²) in [6, 6.07) is 4.48. The first-order valence-corrected chi connectivity index (χ1v) is 9.50. The van der Waals surface area contributed by atoms with Gasteiger partial charge in [0.1, 0.15) is 0 Å². The molecule has 4 heteroatoms. The predicted octanol–water partition coefficient (Wildman–Crippen LogP) is 5.33. The van der Waals surface area contributed by atoms with Crippen LogP contribution in [0.3, 0.4) is 0 Å². The first-order valence-electron chi connectivity index (χ1n) is 9.50. The van der Waals surface area contributed by atoms with Crippen LogP contribution < -0.4 is 18.9 Å². The molecule has 0 saturated carbocycles. The van der Waals surface area contributed by atoms with Crippen LogP contribution in [-0.4, -0.2) is 13.6 Å². The van der Waals surface area contributed by atoms with Crippen LogP contribution in [0.5, 0.6) is 23.0 Å². The van der Waals surface area contributed by atoms with Crippen molar-refractivity contribution in [2.24, 2.45) is 0 Å². The molecule has 0 aliphatic carbocycles. The first-order chi connectivity index (χ1) is 12.7. The van der Waals surface area contributed by atoms with Gasteiger partial charge in [0.25, 0.3) is 0 Å². The number of hydrogen-bond acceptors (Lipinski definition) is 4. The number of aryl methyl sites for hydroxylation is 4. The quantitative estimate of drug-likeness (QED) is 0.727. The lowest BCUT2D eigenvalue weighted by atomic mass is 9.87. The van der Waals surface area contributed by atoms with Gasteiger partial charge in [0, 0.05) is 11.1 Å². The van der Waals surface area contributed by atoms with Gasteiger partial charge in [-0.2, -0.15) is 0 Å². The van der Waals surface area contributed by atoms with Crippen LogP contribution in [0.1, 0.15) is 48.9 Å². The van der Waals surface area contributed by atoms with Crippen LogP contribution in [0.4, 0.5) is 0 Å². The van der Waals surface area contributed by atoms with Crippen molar-refractivity contribution in [2.45, 2.75) is 53.4 Å². The Labute approximate surface area is 155 Å². The molecule has 0 bridgehead atoms. The molecule has 0 atom stereocenters. The molecule has 0 unspecified atom stereocenters. The van der Waals surface area contributed by atoms with E-state index in [4.69, 9.17) is 18.9 Å². The molecule has 4 nitrogen and oxygen atoms in total. The molecule has 138 valence electrons. The Morgan fingerprint density at radius 1 is 0.654 bits per heavy atom. The third-order valence-corrected chi connectivity index (χ3v) is 5.11. The van der Waals surface area contributed by atoms with E-state index in [2.05, 4.69) is 39.8 Å². The van der Waals surface area contributed by atoms with Gasteiger partial charge in [-0.25, -0.2) is 0 Å². The summed E-state index contributed by atoms with van der Waals surface area (Å²) in [4.78, 5) is 0. The maximum atomic E-state index is 5.96. The Morgan fingerprint density at radius 3 is 1.42 bits per heavy atom. The Hall–Kier alpha value is -2.36. The van der Waals surface area contributed by atoms with E-state index in [-0.39, 0.29) is 13.6 Å². The van der Waals surface area contributed by atoms with Crippen molar-refractivity contribution < 1.29 is 18.9 Å². The van der Waals surface area contributed by atoms with Gasteiger partial charge in [-0.05, 0) is 48.9 Å². The second-order valence-corrected chi connectivity index (χ2v) is 7.08. The Balaban J connectivity index is 2.05. The fraction of sp³-hybridized carbons (Fsp3) is 0.455. The summed E-state index contributed by atoms with van der Waals surface area (Å²) < 4.78 is 23.5. The van der Waals surface area contributed by atoms with E-state index in [1.54, 1.807) is 0 Å². The molecule has 2 aliphatic rings. The van der Waals surface area contributed by atoms with Gasteiger partial charge < -0.3 is 18.9 Å². The van der Waals surface area contributed by atoms with Crippen LogP contribution in [0.2, 0.25) is 0 Å². The maximum absolute atomic E-state index is 5.96. The summed E-state index contributed by atoms with van der Waals surface area (Å²) in [7, 11) is 0. The van der Waals surface area contributed by atoms with Crippen molar-refractivity contribution in [3.05, 3.63) is 34.4 Å². The average Bonchev–Trinajstić information content (AvgIpc) is 3.27. The monoisotopic (exact) mass is 354 g/mol. The molecule has 0 radical (unpaired) electrons. The normalized spacial score (nSPS) is 14.2. The lowest BCUT2D eigenvalue weighted by molar-refractivity contribution is 0.172. The average molecular weight is 354 g/mol. The van der Waals surface area contributed by atoms with Gasteiger partial charge in [0.05, 0.1) is 0 Å². The van der Waals surface area contributed by atoms with Crippen molar-refractivity contribution in [2.75, 3.05) is 13.6 Å². The minimum absolute atomic E-state index is 0.271. The molecular weight excluding hydrogens is 328 g/mol. The lowest BCUT2D eigenvalue weighted by Gasteiger charge is -2.19. The van der Waals surface area contributed by atoms with Crippen LogP contribution >= 0.6 is 0 Å². The summed E-state index contributed by atoms with van der Waals surface area (Å²) in [6.07, 6.45) is 4.12. The summed E-state index contributed by atoms with van der Waals surface area (Å²) in [5.74, 6) is 3.42. The predicted molar refractivity (Wildman–Crippen MR) is 102 cm³/mol. The highest BCUT2D eigenvalue weighted by atomic mass is 16.7. The highest BCUT2D eigenvalue weighted by Gasteiger charge is 2.31. The Morgan fingerprint density at radius 2 is 1.04 bits per heavy atom. The number of hydrogen-bond donors (Lipinski definition) is 0. The molecule has 0 saturated heterocycles. The van der Waals surface area contributed by atoms with Crippen molar-refractivity contribution in [3.8, 4) is 34.1 Å². The van der Waals surface area contributed by atoms with E-state index >= 15 is 0 Å². The molecule has 0 aromatic heterocycles. The van der Waals surface area contributed by atoms with E-state index in [0.29, 0.717) is 0 Å². The second-order valence-electron chi connectivity index (χ2n) is 7.08. The van der Waals surface area contributed by atoms with E-state index in [0.717, 1.165) is 70.9 Å². The van der Waals surface area contributed by atoms with Gasteiger partial charge in [-0.15, -0.1) is 0 Å². The highest BCUT2D eigenvalue weighted by molar-refractivity contribution is 5.87. The third kappa shape index (κ3) is 2.59. The van der Waals surface area contributed by atoms with Crippen LogP contribution in [-0.2, 0) is 12.8 Å². The van der Waals surface area contributed by atoms with E-state index < -0.39 is 0 Å².